The van der Waals surface area contributed by atoms with Gasteiger partial charge in [-0.2, -0.15) is 0 Å². The van der Waals surface area contributed by atoms with Gasteiger partial charge in [0.1, 0.15) is 5.82 Å². The molecule has 2 aliphatic heterocycles. The van der Waals surface area contributed by atoms with Crippen molar-refractivity contribution in [2.75, 3.05) is 33.4 Å². The van der Waals surface area contributed by atoms with E-state index in [0.717, 1.165) is 31.5 Å². The van der Waals surface area contributed by atoms with Crippen molar-refractivity contribution in [2.45, 2.75) is 43.4 Å². The maximum atomic E-state index is 13.8. The Kier molecular flexibility index (Phi) is 5.01. The number of benzene rings is 1. The summed E-state index contributed by atoms with van der Waals surface area (Å²) in [5.41, 5.74) is -0.290. The standard InChI is InChI=1S/C18H26FNO3/c1-22-14-17(21)8-11-23-18(13-17)6-9-20(10-7-18)12-15-4-2-3-5-16(15)19/h2-5,21H,6-14H2,1H3. The molecule has 0 radical (unpaired) electrons. The number of nitrogens with zero attached hydrogens (tertiary/aromatic N) is 1. The summed E-state index contributed by atoms with van der Waals surface area (Å²) < 4.78 is 25.0. The normalized spacial score (nSPS) is 28.1. The first kappa shape index (κ1) is 16.8. The Labute approximate surface area is 137 Å². The molecular weight excluding hydrogens is 297 g/mol. The van der Waals surface area contributed by atoms with E-state index >= 15 is 0 Å². The lowest BCUT2D eigenvalue weighted by atomic mass is 9.77. The minimum Gasteiger partial charge on any atom is -0.387 e. The quantitative estimate of drug-likeness (QED) is 0.923. The fraction of sp³-hybridized carbons (Fsp3) is 0.667. The first-order valence-electron chi connectivity index (χ1n) is 8.35. The summed E-state index contributed by atoms with van der Waals surface area (Å²) in [6.07, 6.45) is 2.99. The van der Waals surface area contributed by atoms with Crippen LogP contribution in [0.25, 0.3) is 0 Å². The van der Waals surface area contributed by atoms with Crippen molar-refractivity contribution in [3.63, 3.8) is 0 Å². The highest BCUT2D eigenvalue weighted by atomic mass is 19.1. The van der Waals surface area contributed by atoms with Crippen LogP contribution in [0.1, 0.15) is 31.2 Å². The van der Waals surface area contributed by atoms with Crippen LogP contribution in [0.2, 0.25) is 0 Å². The van der Waals surface area contributed by atoms with Crippen molar-refractivity contribution in [3.8, 4) is 0 Å². The second-order valence-electron chi connectivity index (χ2n) is 6.98. The van der Waals surface area contributed by atoms with E-state index in [9.17, 15) is 9.50 Å². The Morgan fingerprint density at radius 2 is 2.00 bits per heavy atom. The van der Waals surface area contributed by atoms with Crippen molar-refractivity contribution in [2.24, 2.45) is 0 Å². The molecule has 4 nitrogen and oxygen atoms in total. The Morgan fingerprint density at radius 1 is 1.26 bits per heavy atom. The number of rotatable bonds is 4. The third-order valence-corrected chi connectivity index (χ3v) is 5.16. The van der Waals surface area contributed by atoms with E-state index in [1.165, 1.54) is 6.07 Å². The molecular formula is C18H26FNO3. The van der Waals surface area contributed by atoms with Gasteiger partial charge in [0.2, 0.25) is 0 Å². The van der Waals surface area contributed by atoms with Crippen LogP contribution < -0.4 is 0 Å². The molecule has 0 aromatic heterocycles. The first-order valence-corrected chi connectivity index (χ1v) is 8.35. The van der Waals surface area contributed by atoms with E-state index < -0.39 is 5.60 Å². The topological polar surface area (TPSA) is 41.9 Å². The van der Waals surface area contributed by atoms with Crippen LogP contribution >= 0.6 is 0 Å². The SMILES string of the molecule is COCC1(O)CCOC2(CCN(Cc3ccccc3F)CC2)C1. The highest BCUT2D eigenvalue weighted by molar-refractivity contribution is 5.17. The molecule has 0 bridgehead atoms. The summed E-state index contributed by atoms with van der Waals surface area (Å²) >= 11 is 0. The number of likely N-dealkylation sites (tertiary alicyclic amines) is 1. The fourth-order valence-electron chi connectivity index (χ4n) is 3.90. The van der Waals surface area contributed by atoms with Gasteiger partial charge in [-0.3, -0.25) is 4.90 Å². The molecule has 2 saturated heterocycles. The number of hydrogen-bond acceptors (Lipinski definition) is 4. The second kappa shape index (κ2) is 6.85. The molecule has 23 heavy (non-hydrogen) atoms. The van der Waals surface area contributed by atoms with Gasteiger partial charge in [0.05, 0.1) is 24.4 Å². The molecule has 0 aliphatic carbocycles. The summed E-state index contributed by atoms with van der Waals surface area (Å²) in [5, 5.41) is 10.7. The smallest absolute Gasteiger partial charge is 0.127 e. The summed E-state index contributed by atoms with van der Waals surface area (Å²) in [6, 6.07) is 6.94. The molecule has 1 spiro atoms. The summed E-state index contributed by atoms with van der Waals surface area (Å²) in [4.78, 5) is 2.26. The van der Waals surface area contributed by atoms with Crippen molar-refractivity contribution in [1.82, 2.24) is 4.90 Å². The zero-order chi connectivity index (χ0) is 16.3. The van der Waals surface area contributed by atoms with Crippen LogP contribution in [-0.2, 0) is 16.0 Å². The third kappa shape index (κ3) is 3.91. The molecule has 2 heterocycles. The minimum absolute atomic E-state index is 0.142. The van der Waals surface area contributed by atoms with E-state index in [2.05, 4.69) is 4.90 Å². The second-order valence-corrected chi connectivity index (χ2v) is 6.98. The van der Waals surface area contributed by atoms with E-state index in [4.69, 9.17) is 9.47 Å². The highest BCUT2D eigenvalue weighted by Crippen LogP contribution is 2.40. The summed E-state index contributed by atoms with van der Waals surface area (Å²) in [6.45, 7) is 3.28. The average Bonchev–Trinajstić information content (AvgIpc) is 2.52. The molecule has 1 unspecified atom stereocenters. The number of hydrogen-bond donors (Lipinski definition) is 1. The monoisotopic (exact) mass is 323 g/mol. The summed E-state index contributed by atoms with van der Waals surface area (Å²) in [7, 11) is 1.62. The van der Waals surface area contributed by atoms with Gasteiger partial charge in [-0.1, -0.05) is 18.2 Å². The Morgan fingerprint density at radius 3 is 2.70 bits per heavy atom. The minimum atomic E-state index is -0.777. The molecule has 5 heteroatoms. The van der Waals surface area contributed by atoms with Gasteiger partial charge in [0, 0.05) is 45.1 Å². The molecule has 2 aliphatic rings. The zero-order valence-electron chi connectivity index (χ0n) is 13.8. The molecule has 128 valence electrons. The van der Waals surface area contributed by atoms with Gasteiger partial charge in [-0.15, -0.1) is 0 Å². The lowest BCUT2D eigenvalue weighted by Gasteiger charge is -2.49. The number of aliphatic hydroxyl groups is 1. The van der Waals surface area contributed by atoms with Crippen molar-refractivity contribution in [1.29, 1.82) is 0 Å². The van der Waals surface area contributed by atoms with E-state index in [1.54, 1.807) is 13.2 Å². The van der Waals surface area contributed by atoms with E-state index in [1.807, 2.05) is 12.1 Å². The Balaban J connectivity index is 1.58. The van der Waals surface area contributed by atoms with Gasteiger partial charge in [0.25, 0.3) is 0 Å². The average molecular weight is 323 g/mol. The van der Waals surface area contributed by atoms with Crippen LogP contribution in [0, 0.1) is 5.82 Å². The molecule has 1 aromatic rings. The highest BCUT2D eigenvalue weighted by Gasteiger charge is 2.46. The molecule has 2 fully saturated rings. The Bertz CT molecular complexity index is 527. The maximum Gasteiger partial charge on any atom is 0.127 e. The molecule has 1 N–H and O–H groups in total. The van der Waals surface area contributed by atoms with Gasteiger partial charge in [0.15, 0.2) is 0 Å². The van der Waals surface area contributed by atoms with Crippen molar-refractivity contribution >= 4 is 0 Å². The van der Waals surface area contributed by atoms with Gasteiger partial charge in [-0.25, -0.2) is 4.39 Å². The molecule has 0 saturated carbocycles. The number of methoxy groups -OCH3 is 1. The Hall–Kier alpha value is -1.01. The van der Waals surface area contributed by atoms with Crippen LogP contribution in [0.15, 0.2) is 24.3 Å². The predicted octanol–water partition coefficient (Wildman–Crippen LogP) is 2.35. The van der Waals surface area contributed by atoms with Gasteiger partial charge in [-0.05, 0) is 18.9 Å². The molecule has 0 amide bonds. The van der Waals surface area contributed by atoms with Gasteiger partial charge < -0.3 is 14.6 Å². The first-order chi connectivity index (χ1) is 11.0. The van der Waals surface area contributed by atoms with Crippen LogP contribution in [-0.4, -0.2) is 54.6 Å². The molecule has 1 aromatic carbocycles. The van der Waals surface area contributed by atoms with Gasteiger partial charge >= 0.3 is 0 Å². The van der Waals surface area contributed by atoms with E-state index in [-0.39, 0.29) is 11.4 Å². The summed E-state index contributed by atoms with van der Waals surface area (Å²) in [5.74, 6) is -0.142. The fourth-order valence-corrected chi connectivity index (χ4v) is 3.90. The van der Waals surface area contributed by atoms with Crippen LogP contribution in [0.3, 0.4) is 0 Å². The maximum absolute atomic E-state index is 13.8. The van der Waals surface area contributed by atoms with Crippen molar-refractivity contribution < 1.29 is 19.0 Å². The molecule has 3 rings (SSSR count). The lowest BCUT2D eigenvalue weighted by Crippen LogP contribution is -2.55. The van der Waals surface area contributed by atoms with Crippen LogP contribution in [0.5, 0.6) is 0 Å². The van der Waals surface area contributed by atoms with Crippen LogP contribution in [0.4, 0.5) is 4.39 Å². The third-order valence-electron chi connectivity index (χ3n) is 5.16. The largest absolute Gasteiger partial charge is 0.387 e. The molecule has 1 atom stereocenters. The number of piperidine rings is 1. The zero-order valence-corrected chi connectivity index (χ0v) is 13.8. The predicted molar refractivity (Wildman–Crippen MR) is 85.7 cm³/mol. The van der Waals surface area contributed by atoms with E-state index in [0.29, 0.717) is 32.6 Å². The number of halogens is 1. The lowest BCUT2D eigenvalue weighted by molar-refractivity contribution is -0.191. The van der Waals surface area contributed by atoms with Crippen molar-refractivity contribution in [3.05, 3.63) is 35.6 Å². The number of ether oxygens (including phenoxy) is 2.